The number of amides is 1. The Hall–Kier alpha value is -4.94. The minimum Gasteiger partial charge on any atom is -0.489 e. The van der Waals surface area contributed by atoms with E-state index in [0.717, 1.165) is 16.3 Å². The fourth-order valence-corrected chi connectivity index (χ4v) is 4.16. The predicted octanol–water partition coefficient (Wildman–Crippen LogP) is 7.06. The van der Waals surface area contributed by atoms with Gasteiger partial charge in [0.15, 0.2) is 0 Å². The summed E-state index contributed by atoms with van der Waals surface area (Å²) in [6.07, 6.45) is 1.47. The number of nitrogens with zero attached hydrogens (tertiary/aromatic N) is 1. The number of hydrogen-bond donors (Lipinski definition) is 1. The third-order valence-electron chi connectivity index (χ3n) is 5.95. The van der Waals surface area contributed by atoms with Crippen molar-refractivity contribution in [3.63, 3.8) is 0 Å². The number of fused-ring (bicyclic) bond motifs is 1. The molecule has 0 fully saturated rings. The highest BCUT2D eigenvalue weighted by atomic mass is 35.5. The molecule has 5 aromatic rings. The van der Waals surface area contributed by atoms with E-state index >= 15 is 0 Å². The smallest absolute Gasteiger partial charge is 0.345 e. The molecule has 0 heterocycles. The van der Waals surface area contributed by atoms with Gasteiger partial charge >= 0.3 is 5.97 Å². The maximum absolute atomic E-state index is 12.8. The van der Waals surface area contributed by atoms with Crippen LogP contribution in [-0.2, 0) is 6.61 Å². The Labute approximate surface area is 230 Å². The Balaban J connectivity index is 1.30. The summed E-state index contributed by atoms with van der Waals surface area (Å²) in [7, 11) is 0. The largest absolute Gasteiger partial charge is 0.489 e. The number of ether oxygens (including phenoxy) is 2. The minimum absolute atomic E-state index is 0.250. The Kier molecular flexibility index (Phi) is 7.95. The zero-order chi connectivity index (χ0) is 27.0. The molecule has 5 aromatic carbocycles. The quantitative estimate of drug-likeness (QED) is 0.100. The van der Waals surface area contributed by atoms with Crippen LogP contribution in [0.1, 0.15) is 31.8 Å². The molecule has 0 saturated heterocycles. The van der Waals surface area contributed by atoms with Gasteiger partial charge in [0, 0.05) is 11.1 Å². The molecule has 6 nitrogen and oxygen atoms in total. The van der Waals surface area contributed by atoms with Crippen molar-refractivity contribution in [2.75, 3.05) is 0 Å². The van der Waals surface area contributed by atoms with Crippen molar-refractivity contribution >= 4 is 40.5 Å². The normalized spacial score (nSPS) is 10.9. The Morgan fingerprint density at radius 3 is 2.31 bits per heavy atom. The van der Waals surface area contributed by atoms with Gasteiger partial charge in [-0.2, -0.15) is 5.10 Å². The zero-order valence-electron chi connectivity index (χ0n) is 20.7. The van der Waals surface area contributed by atoms with Crippen LogP contribution < -0.4 is 14.9 Å². The molecule has 0 aromatic heterocycles. The molecular weight excluding hydrogens is 512 g/mol. The highest BCUT2D eigenvalue weighted by Crippen LogP contribution is 2.28. The first kappa shape index (κ1) is 25.7. The van der Waals surface area contributed by atoms with Crippen LogP contribution in [0, 0.1) is 0 Å². The van der Waals surface area contributed by atoms with E-state index in [2.05, 4.69) is 10.5 Å². The molecule has 0 aliphatic heterocycles. The van der Waals surface area contributed by atoms with E-state index in [1.54, 1.807) is 54.6 Å². The minimum atomic E-state index is -0.593. The number of esters is 1. The van der Waals surface area contributed by atoms with E-state index in [0.29, 0.717) is 28.5 Å². The first-order valence-corrected chi connectivity index (χ1v) is 12.5. The van der Waals surface area contributed by atoms with Crippen LogP contribution in [0.15, 0.2) is 120 Å². The van der Waals surface area contributed by atoms with Gasteiger partial charge in [0.2, 0.25) is 0 Å². The third-order valence-corrected chi connectivity index (χ3v) is 6.28. The summed E-state index contributed by atoms with van der Waals surface area (Å²) < 4.78 is 11.5. The summed E-state index contributed by atoms with van der Waals surface area (Å²) in [4.78, 5) is 25.5. The molecule has 0 aliphatic rings. The van der Waals surface area contributed by atoms with Crippen LogP contribution in [0.25, 0.3) is 10.8 Å². The van der Waals surface area contributed by atoms with Gasteiger partial charge in [-0.1, -0.05) is 84.4 Å². The SMILES string of the molecule is O=C(N/N=C\c1c(OC(=O)c2ccccc2Cl)ccc2ccccc12)c1ccc(OCc2ccccc2)cc1. The lowest BCUT2D eigenvalue weighted by Gasteiger charge is -2.11. The van der Waals surface area contributed by atoms with Crippen molar-refractivity contribution in [3.05, 3.63) is 143 Å². The highest BCUT2D eigenvalue weighted by molar-refractivity contribution is 6.33. The highest BCUT2D eigenvalue weighted by Gasteiger charge is 2.16. The first-order chi connectivity index (χ1) is 19.1. The topological polar surface area (TPSA) is 77.0 Å². The summed E-state index contributed by atoms with van der Waals surface area (Å²) in [6, 6.07) is 34.4. The maximum atomic E-state index is 12.8. The lowest BCUT2D eigenvalue weighted by Crippen LogP contribution is -2.17. The molecule has 192 valence electrons. The van der Waals surface area contributed by atoms with E-state index in [4.69, 9.17) is 21.1 Å². The van der Waals surface area contributed by atoms with Crippen molar-refractivity contribution < 1.29 is 19.1 Å². The predicted molar refractivity (Wildman–Crippen MR) is 153 cm³/mol. The van der Waals surface area contributed by atoms with Crippen molar-refractivity contribution in [1.29, 1.82) is 0 Å². The zero-order valence-corrected chi connectivity index (χ0v) is 21.5. The molecule has 0 unspecified atom stereocenters. The second kappa shape index (κ2) is 12.1. The van der Waals surface area contributed by atoms with Gasteiger partial charge < -0.3 is 9.47 Å². The van der Waals surface area contributed by atoms with E-state index in [9.17, 15) is 9.59 Å². The van der Waals surface area contributed by atoms with Gasteiger partial charge in [-0.25, -0.2) is 10.2 Å². The number of carbonyl (C=O) groups excluding carboxylic acids is 2. The molecule has 39 heavy (non-hydrogen) atoms. The monoisotopic (exact) mass is 534 g/mol. The van der Waals surface area contributed by atoms with Crippen LogP contribution in [0.5, 0.6) is 11.5 Å². The van der Waals surface area contributed by atoms with Gasteiger partial charge in [-0.3, -0.25) is 4.79 Å². The lowest BCUT2D eigenvalue weighted by molar-refractivity contribution is 0.0734. The van der Waals surface area contributed by atoms with Crippen LogP contribution in [-0.4, -0.2) is 18.1 Å². The van der Waals surface area contributed by atoms with Crippen molar-refractivity contribution in [2.24, 2.45) is 5.10 Å². The molecule has 0 radical (unpaired) electrons. The van der Waals surface area contributed by atoms with Crippen LogP contribution in [0.2, 0.25) is 5.02 Å². The summed E-state index contributed by atoms with van der Waals surface area (Å²) in [5.74, 6) is -0.0454. The maximum Gasteiger partial charge on any atom is 0.345 e. The number of nitrogens with one attached hydrogen (secondary N) is 1. The summed E-state index contributed by atoms with van der Waals surface area (Å²) in [5, 5.41) is 6.18. The van der Waals surface area contributed by atoms with Gasteiger partial charge in [0.05, 0.1) is 16.8 Å². The number of hydrogen-bond acceptors (Lipinski definition) is 5. The molecule has 0 spiro atoms. The molecule has 0 saturated carbocycles. The van der Waals surface area contributed by atoms with Gasteiger partial charge in [0.1, 0.15) is 18.1 Å². The van der Waals surface area contributed by atoms with Crippen molar-refractivity contribution in [2.45, 2.75) is 6.61 Å². The summed E-state index contributed by atoms with van der Waals surface area (Å²) in [5.41, 5.74) is 4.80. The average molecular weight is 535 g/mol. The average Bonchev–Trinajstić information content (AvgIpc) is 2.98. The van der Waals surface area contributed by atoms with Gasteiger partial charge in [0.25, 0.3) is 5.91 Å². The fraction of sp³-hybridized carbons (Fsp3) is 0.0312. The van der Waals surface area contributed by atoms with Gasteiger partial charge in [-0.05, 0) is 58.8 Å². The first-order valence-electron chi connectivity index (χ1n) is 12.2. The molecule has 5 rings (SSSR count). The van der Waals surface area contributed by atoms with Crippen LogP contribution >= 0.6 is 11.6 Å². The second-order valence-corrected chi connectivity index (χ2v) is 8.97. The molecule has 0 bridgehead atoms. The standard InChI is InChI=1S/C32H23ClN2O4/c33-29-13-7-6-12-27(29)32(37)39-30-19-16-23-10-4-5-11-26(23)28(30)20-34-35-31(36)24-14-17-25(18-15-24)38-21-22-8-2-1-3-9-22/h1-20H,21H2,(H,35,36)/b34-20-. The van der Waals surface area contributed by atoms with E-state index in [1.165, 1.54) is 6.21 Å². The molecular formula is C32H23ClN2O4. The second-order valence-electron chi connectivity index (χ2n) is 8.57. The van der Waals surface area contributed by atoms with Crippen LogP contribution in [0.4, 0.5) is 0 Å². The number of rotatable bonds is 8. The Morgan fingerprint density at radius 2 is 1.51 bits per heavy atom. The van der Waals surface area contributed by atoms with Crippen molar-refractivity contribution in [3.8, 4) is 11.5 Å². The van der Waals surface area contributed by atoms with Crippen LogP contribution in [0.3, 0.4) is 0 Å². The number of benzene rings is 5. The third kappa shape index (κ3) is 6.32. The Bertz CT molecular complexity index is 1650. The Morgan fingerprint density at radius 1 is 0.795 bits per heavy atom. The molecule has 0 atom stereocenters. The number of hydrazone groups is 1. The van der Waals surface area contributed by atoms with E-state index < -0.39 is 11.9 Å². The number of halogens is 1. The fourth-order valence-electron chi connectivity index (χ4n) is 3.94. The van der Waals surface area contributed by atoms with Crippen molar-refractivity contribution in [1.82, 2.24) is 5.43 Å². The molecule has 1 N–H and O–H groups in total. The van der Waals surface area contributed by atoms with Gasteiger partial charge in [-0.15, -0.1) is 0 Å². The summed E-state index contributed by atoms with van der Waals surface area (Å²) in [6.45, 7) is 0.436. The van der Waals surface area contributed by atoms with E-state index in [1.807, 2.05) is 60.7 Å². The molecule has 7 heteroatoms. The lowest BCUT2D eigenvalue weighted by atomic mass is 10.0. The molecule has 1 amide bonds. The summed E-state index contributed by atoms with van der Waals surface area (Å²) >= 11 is 6.17. The number of carbonyl (C=O) groups is 2. The molecule has 0 aliphatic carbocycles. The van der Waals surface area contributed by atoms with E-state index in [-0.39, 0.29) is 11.3 Å².